The van der Waals surface area contributed by atoms with Crippen LogP contribution in [-0.4, -0.2) is 44.2 Å². The van der Waals surface area contributed by atoms with E-state index in [1.54, 1.807) is 12.4 Å². The number of benzene rings is 1. The van der Waals surface area contributed by atoms with Crippen LogP contribution in [-0.2, 0) is 0 Å². The second-order valence-electron chi connectivity index (χ2n) is 8.00. The van der Waals surface area contributed by atoms with E-state index in [0.29, 0.717) is 5.69 Å². The molecule has 0 bridgehead atoms. The SMILES string of the molecule is Cc1cc(C)c2n[nH]c(-c3nc(C(=O)NN4CCCCC4)c(-c4cccnc4)s3)c2c1. The third-order valence-corrected chi connectivity index (χ3v) is 6.71. The molecule has 158 valence electrons. The summed E-state index contributed by atoms with van der Waals surface area (Å²) in [5.41, 5.74) is 8.41. The molecule has 1 aliphatic heterocycles. The number of hydrogen-bond acceptors (Lipinski definition) is 6. The van der Waals surface area contributed by atoms with E-state index >= 15 is 0 Å². The topological polar surface area (TPSA) is 86.8 Å². The van der Waals surface area contributed by atoms with Crippen LogP contribution in [0.25, 0.3) is 32.0 Å². The van der Waals surface area contributed by atoms with Crippen LogP contribution < -0.4 is 5.43 Å². The number of hydrogen-bond donors (Lipinski definition) is 2. The van der Waals surface area contributed by atoms with Crippen molar-refractivity contribution in [2.45, 2.75) is 33.1 Å². The number of nitrogens with zero attached hydrogens (tertiary/aromatic N) is 4. The van der Waals surface area contributed by atoms with E-state index in [0.717, 1.165) is 63.5 Å². The quantitative estimate of drug-likeness (QED) is 0.496. The standard InChI is InChI=1S/C23H24N6OS/c1-14-11-15(2)18-17(12-14)19(27-26-18)23-25-20(21(31-23)16-7-6-8-24-13-16)22(30)28-29-9-4-3-5-10-29/h6-8,11-13H,3-5,9-10H2,1-2H3,(H,26,27)(H,28,30). The Bertz CT molecular complexity index is 1240. The van der Waals surface area contributed by atoms with E-state index in [4.69, 9.17) is 4.98 Å². The normalized spacial score (nSPS) is 14.8. The Labute approximate surface area is 184 Å². The van der Waals surface area contributed by atoms with Crippen molar-refractivity contribution in [2.24, 2.45) is 0 Å². The lowest BCUT2D eigenvalue weighted by molar-refractivity contribution is 0.0746. The number of carbonyl (C=O) groups excluding carboxylic acids is 1. The second kappa shape index (κ2) is 8.20. The number of pyridine rings is 1. The largest absolute Gasteiger partial charge is 0.285 e. The smallest absolute Gasteiger partial charge is 0.283 e. The summed E-state index contributed by atoms with van der Waals surface area (Å²) < 4.78 is 0. The van der Waals surface area contributed by atoms with E-state index < -0.39 is 0 Å². The number of rotatable bonds is 4. The van der Waals surface area contributed by atoms with Crippen LogP contribution in [0.2, 0.25) is 0 Å². The van der Waals surface area contributed by atoms with Crippen LogP contribution in [0.3, 0.4) is 0 Å². The van der Waals surface area contributed by atoms with Gasteiger partial charge in [-0.1, -0.05) is 24.1 Å². The number of hydrazine groups is 1. The molecule has 1 aliphatic rings. The van der Waals surface area contributed by atoms with Gasteiger partial charge in [0.05, 0.1) is 10.4 Å². The van der Waals surface area contributed by atoms with Gasteiger partial charge in [0, 0.05) is 36.4 Å². The van der Waals surface area contributed by atoms with Crippen LogP contribution in [0.5, 0.6) is 0 Å². The molecule has 3 aromatic heterocycles. The Balaban J connectivity index is 1.59. The Morgan fingerprint density at radius 1 is 1.19 bits per heavy atom. The van der Waals surface area contributed by atoms with Gasteiger partial charge in [0.1, 0.15) is 16.4 Å². The van der Waals surface area contributed by atoms with Crippen molar-refractivity contribution < 1.29 is 4.79 Å². The molecule has 0 spiro atoms. The summed E-state index contributed by atoms with van der Waals surface area (Å²) in [5.74, 6) is -0.181. The highest BCUT2D eigenvalue weighted by atomic mass is 32.1. The number of carbonyl (C=O) groups is 1. The first-order valence-corrected chi connectivity index (χ1v) is 11.3. The van der Waals surface area contributed by atoms with Crippen LogP contribution >= 0.6 is 11.3 Å². The van der Waals surface area contributed by atoms with Gasteiger partial charge in [-0.2, -0.15) is 5.10 Å². The molecule has 1 saturated heterocycles. The highest BCUT2D eigenvalue weighted by molar-refractivity contribution is 7.18. The predicted molar refractivity (Wildman–Crippen MR) is 123 cm³/mol. The van der Waals surface area contributed by atoms with E-state index in [1.165, 1.54) is 23.3 Å². The molecule has 0 atom stereocenters. The maximum Gasteiger partial charge on any atom is 0.285 e. The lowest BCUT2D eigenvalue weighted by Crippen LogP contribution is -2.45. The fourth-order valence-electron chi connectivity index (χ4n) is 4.11. The zero-order chi connectivity index (χ0) is 21.4. The Morgan fingerprint density at radius 2 is 2.03 bits per heavy atom. The molecule has 2 N–H and O–H groups in total. The number of thiazole rings is 1. The van der Waals surface area contributed by atoms with E-state index in [-0.39, 0.29) is 5.91 Å². The van der Waals surface area contributed by atoms with E-state index in [2.05, 4.69) is 46.6 Å². The van der Waals surface area contributed by atoms with Crippen LogP contribution in [0.4, 0.5) is 0 Å². The van der Waals surface area contributed by atoms with Crippen molar-refractivity contribution in [1.82, 2.24) is 30.6 Å². The number of aromatic nitrogens is 4. The summed E-state index contributed by atoms with van der Waals surface area (Å²) in [5, 5.41) is 11.4. The van der Waals surface area contributed by atoms with Gasteiger partial charge in [-0.25, -0.2) is 9.99 Å². The lowest BCUT2D eigenvalue weighted by Gasteiger charge is -2.26. The molecule has 4 aromatic rings. The van der Waals surface area contributed by atoms with Gasteiger partial charge in [-0.3, -0.25) is 20.3 Å². The van der Waals surface area contributed by atoms with Crippen LogP contribution in [0.1, 0.15) is 40.9 Å². The maximum atomic E-state index is 13.2. The summed E-state index contributed by atoms with van der Waals surface area (Å²) in [6.45, 7) is 5.87. The highest BCUT2D eigenvalue weighted by Crippen LogP contribution is 2.37. The number of fused-ring (bicyclic) bond motifs is 1. The van der Waals surface area contributed by atoms with Gasteiger partial charge >= 0.3 is 0 Å². The van der Waals surface area contributed by atoms with Crippen molar-refractivity contribution in [2.75, 3.05) is 13.1 Å². The minimum Gasteiger partial charge on any atom is -0.283 e. The molecule has 1 fully saturated rings. The zero-order valence-corrected chi connectivity index (χ0v) is 18.4. The molecule has 4 heterocycles. The Hall–Kier alpha value is -3.10. The molecule has 1 aromatic carbocycles. The average Bonchev–Trinajstić information content (AvgIpc) is 3.40. The molecule has 0 radical (unpaired) electrons. The number of amides is 1. The summed E-state index contributed by atoms with van der Waals surface area (Å²) in [6, 6.07) is 8.06. The Morgan fingerprint density at radius 3 is 2.81 bits per heavy atom. The van der Waals surface area contributed by atoms with Gasteiger partial charge < -0.3 is 0 Å². The molecule has 7 nitrogen and oxygen atoms in total. The molecule has 1 amide bonds. The third kappa shape index (κ3) is 3.84. The summed E-state index contributed by atoms with van der Waals surface area (Å²) in [6.07, 6.45) is 6.90. The fourth-order valence-corrected chi connectivity index (χ4v) is 5.17. The first-order valence-electron chi connectivity index (χ1n) is 10.5. The summed E-state index contributed by atoms with van der Waals surface area (Å²) >= 11 is 1.49. The highest BCUT2D eigenvalue weighted by Gasteiger charge is 2.24. The van der Waals surface area contributed by atoms with Gasteiger partial charge in [0.25, 0.3) is 5.91 Å². The zero-order valence-electron chi connectivity index (χ0n) is 17.6. The van der Waals surface area contributed by atoms with Gasteiger partial charge in [-0.15, -0.1) is 11.3 Å². The van der Waals surface area contributed by atoms with Crippen molar-refractivity contribution >= 4 is 28.1 Å². The van der Waals surface area contributed by atoms with Gasteiger partial charge in [0.2, 0.25) is 0 Å². The van der Waals surface area contributed by atoms with Gasteiger partial charge in [0.15, 0.2) is 0 Å². The Kier molecular flexibility index (Phi) is 5.25. The number of piperidine rings is 1. The number of H-pyrrole nitrogens is 1. The predicted octanol–water partition coefficient (Wildman–Crippen LogP) is 4.50. The molecular formula is C23H24N6OS. The molecular weight excluding hydrogens is 408 g/mol. The summed E-state index contributed by atoms with van der Waals surface area (Å²) in [4.78, 5) is 23.0. The van der Waals surface area contributed by atoms with E-state index in [1.807, 2.05) is 17.1 Å². The monoisotopic (exact) mass is 432 g/mol. The molecule has 5 rings (SSSR count). The first-order chi connectivity index (χ1) is 15.1. The maximum absolute atomic E-state index is 13.2. The molecule has 0 saturated carbocycles. The van der Waals surface area contributed by atoms with Crippen LogP contribution in [0, 0.1) is 13.8 Å². The fraction of sp³-hybridized carbons (Fsp3) is 0.304. The van der Waals surface area contributed by atoms with Gasteiger partial charge in [-0.05, 0) is 44.4 Å². The summed E-state index contributed by atoms with van der Waals surface area (Å²) in [7, 11) is 0. The minimum absolute atomic E-state index is 0.181. The molecule has 31 heavy (non-hydrogen) atoms. The number of aromatic amines is 1. The molecule has 0 unspecified atom stereocenters. The van der Waals surface area contributed by atoms with E-state index in [9.17, 15) is 4.79 Å². The third-order valence-electron chi connectivity index (χ3n) is 5.59. The minimum atomic E-state index is -0.181. The molecule has 8 heteroatoms. The molecule has 0 aliphatic carbocycles. The first kappa shape index (κ1) is 19.8. The second-order valence-corrected chi connectivity index (χ2v) is 9.00. The average molecular weight is 433 g/mol. The van der Waals surface area contributed by atoms with Crippen molar-refractivity contribution in [3.63, 3.8) is 0 Å². The number of nitrogens with one attached hydrogen (secondary N) is 2. The number of aryl methyl sites for hydroxylation is 2. The van der Waals surface area contributed by atoms with Crippen LogP contribution in [0.15, 0.2) is 36.7 Å². The van der Waals surface area contributed by atoms with Crippen molar-refractivity contribution in [3.8, 4) is 21.1 Å². The van der Waals surface area contributed by atoms with Crippen molar-refractivity contribution in [3.05, 3.63) is 53.5 Å². The van der Waals surface area contributed by atoms with Crippen molar-refractivity contribution in [1.29, 1.82) is 0 Å². The lowest BCUT2D eigenvalue weighted by atomic mass is 10.1.